The number of nitrogens with one attached hydrogen (secondary N) is 1. The lowest BCUT2D eigenvalue weighted by molar-refractivity contribution is -0.116. The zero-order valence-electron chi connectivity index (χ0n) is 14.0. The minimum atomic E-state index is -0.0369. The van der Waals surface area contributed by atoms with E-state index in [9.17, 15) is 4.79 Å². The molecule has 0 spiro atoms. The Morgan fingerprint density at radius 2 is 2.00 bits per heavy atom. The molecule has 4 nitrogen and oxygen atoms in total. The summed E-state index contributed by atoms with van der Waals surface area (Å²) in [5.74, 6) is -0.0369. The van der Waals surface area contributed by atoms with Gasteiger partial charge in [-0.15, -0.1) is 11.3 Å². The molecule has 1 N–H and O–H groups in total. The Bertz CT molecular complexity index is 654. The average Bonchev–Trinajstić information content (AvgIpc) is 2.84. The van der Waals surface area contributed by atoms with Gasteiger partial charge in [0.25, 0.3) is 0 Å². The zero-order chi connectivity index (χ0) is 16.6. The van der Waals surface area contributed by atoms with Crippen LogP contribution in [0.2, 0.25) is 0 Å². The molecule has 128 valence electrons. The Labute approximate surface area is 147 Å². The minimum Gasteiger partial charge on any atom is -0.353 e. The Hall–Kier alpha value is -1.72. The van der Waals surface area contributed by atoms with Crippen LogP contribution in [-0.4, -0.2) is 42.0 Å². The molecule has 0 saturated carbocycles. The van der Waals surface area contributed by atoms with Crippen LogP contribution in [0.15, 0.2) is 30.3 Å². The third-order valence-corrected chi connectivity index (χ3v) is 5.34. The van der Waals surface area contributed by atoms with Crippen LogP contribution >= 0.6 is 11.3 Å². The number of carbonyl (C=O) groups is 1. The number of carbonyl (C=O) groups excluding carboxylic acids is 1. The fraction of sp³-hybridized carbons (Fsp3) is 0.474. The summed E-state index contributed by atoms with van der Waals surface area (Å²) in [7, 11) is 0. The summed E-state index contributed by atoms with van der Waals surface area (Å²) in [6, 6.07) is 8.02. The summed E-state index contributed by atoms with van der Waals surface area (Å²) < 4.78 is 1.15. The summed E-state index contributed by atoms with van der Waals surface area (Å²) in [6.07, 6.45) is 9.77. The molecule has 1 amide bonds. The van der Waals surface area contributed by atoms with Gasteiger partial charge in [0.15, 0.2) is 0 Å². The van der Waals surface area contributed by atoms with E-state index in [2.05, 4.69) is 15.2 Å². The highest BCUT2D eigenvalue weighted by molar-refractivity contribution is 7.19. The summed E-state index contributed by atoms with van der Waals surface area (Å²) in [4.78, 5) is 18.9. The first kappa shape index (κ1) is 17.1. The molecule has 1 fully saturated rings. The van der Waals surface area contributed by atoms with E-state index in [-0.39, 0.29) is 5.91 Å². The lowest BCUT2D eigenvalue weighted by Crippen LogP contribution is -2.29. The van der Waals surface area contributed by atoms with Gasteiger partial charge in [-0.05, 0) is 57.1 Å². The first-order valence-electron chi connectivity index (χ1n) is 8.85. The van der Waals surface area contributed by atoms with Crippen LogP contribution in [0, 0.1) is 0 Å². The molecule has 1 aliphatic rings. The predicted octanol–water partition coefficient (Wildman–Crippen LogP) is 3.69. The van der Waals surface area contributed by atoms with E-state index < -0.39 is 0 Å². The zero-order valence-corrected chi connectivity index (χ0v) is 14.9. The van der Waals surface area contributed by atoms with Crippen LogP contribution in [0.1, 0.15) is 37.1 Å². The van der Waals surface area contributed by atoms with Gasteiger partial charge in [-0.2, -0.15) is 0 Å². The van der Waals surface area contributed by atoms with E-state index in [1.165, 1.54) is 38.8 Å². The number of rotatable bonds is 6. The summed E-state index contributed by atoms with van der Waals surface area (Å²) in [6.45, 7) is 4.25. The van der Waals surface area contributed by atoms with Gasteiger partial charge in [-0.1, -0.05) is 25.0 Å². The molecule has 0 atom stereocenters. The minimum absolute atomic E-state index is 0.0369. The number of likely N-dealkylation sites (tertiary alicyclic amines) is 1. The molecule has 0 radical (unpaired) electrons. The maximum Gasteiger partial charge on any atom is 0.244 e. The van der Waals surface area contributed by atoms with Gasteiger partial charge in [0.1, 0.15) is 5.01 Å². The van der Waals surface area contributed by atoms with Gasteiger partial charge in [-0.25, -0.2) is 4.98 Å². The van der Waals surface area contributed by atoms with Crippen molar-refractivity contribution in [3.05, 3.63) is 35.3 Å². The second kappa shape index (κ2) is 8.94. The summed E-state index contributed by atoms with van der Waals surface area (Å²) >= 11 is 1.60. The molecule has 1 saturated heterocycles. The lowest BCUT2D eigenvalue weighted by atomic mass is 10.2. The molecular formula is C19H25N3OS. The van der Waals surface area contributed by atoms with Crippen molar-refractivity contribution in [2.24, 2.45) is 0 Å². The fourth-order valence-electron chi connectivity index (χ4n) is 3.04. The van der Waals surface area contributed by atoms with Gasteiger partial charge in [-0.3, -0.25) is 4.79 Å². The molecule has 2 heterocycles. The molecule has 1 aromatic carbocycles. The van der Waals surface area contributed by atoms with Crippen molar-refractivity contribution in [2.45, 2.75) is 32.1 Å². The second-order valence-electron chi connectivity index (χ2n) is 6.25. The first-order chi connectivity index (χ1) is 11.8. The summed E-state index contributed by atoms with van der Waals surface area (Å²) in [5, 5.41) is 3.84. The van der Waals surface area contributed by atoms with Crippen LogP contribution < -0.4 is 5.32 Å². The van der Waals surface area contributed by atoms with E-state index in [1.807, 2.05) is 24.3 Å². The highest BCUT2D eigenvalue weighted by atomic mass is 32.1. The first-order valence-corrected chi connectivity index (χ1v) is 9.67. The molecule has 0 unspecified atom stereocenters. The maximum atomic E-state index is 11.9. The molecule has 0 aliphatic carbocycles. The third kappa shape index (κ3) is 5.14. The van der Waals surface area contributed by atoms with Gasteiger partial charge >= 0.3 is 0 Å². The molecule has 24 heavy (non-hydrogen) atoms. The van der Waals surface area contributed by atoms with Crippen molar-refractivity contribution in [2.75, 3.05) is 26.2 Å². The van der Waals surface area contributed by atoms with Crippen molar-refractivity contribution in [3.63, 3.8) is 0 Å². The van der Waals surface area contributed by atoms with Gasteiger partial charge in [0, 0.05) is 12.6 Å². The highest BCUT2D eigenvalue weighted by Gasteiger charge is 2.08. The third-order valence-electron chi connectivity index (χ3n) is 4.34. The summed E-state index contributed by atoms with van der Waals surface area (Å²) in [5.41, 5.74) is 0.986. The van der Waals surface area contributed by atoms with Crippen molar-refractivity contribution in [1.82, 2.24) is 15.2 Å². The van der Waals surface area contributed by atoms with Crippen molar-refractivity contribution in [3.8, 4) is 0 Å². The van der Waals surface area contributed by atoms with Crippen LogP contribution in [-0.2, 0) is 4.79 Å². The number of fused-ring (bicyclic) bond motifs is 1. The highest BCUT2D eigenvalue weighted by Crippen LogP contribution is 2.22. The van der Waals surface area contributed by atoms with E-state index in [0.717, 1.165) is 34.7 Å². The smallest absolute Gasteiger partial charge is 0.244 e. The van der Waals surface area contributed by atoms with E-state index in [0.29, 0.717) is 0 Å². The number of benzene rings is 1. The largest absolute Gasteiger partial charge is 0.353 e. The molecule has 2 aromatic rings. The van der Waals surface area contributed by atoms with Gasteiger partial charge in [0.05, 0.1) is 10.2 Å². The molecule has 5 heteroatoms. The standard InChI is InChI=1S/C19H25N3OS/c23-18(20-12-7-15-22-13-5-1-2-6-14-22)10-11-19-21-16-8-3-4-9-17(16)24-19/h3-4,8-11H,1-2,5-7,12-15H2,(H,20,23)/b11-10+. The molecular weight excluding hydrogens is 318 g/mol. The molecule has 0 bridgehead atoms. The number of hydrogen-bond acceptors (Lipinski definition) is 4. The SMILES string of the molecule is O=C(/C=C/c1nc2ccccc2s1)NCCCN1CCCCCC1. The van der Waals surface area contributed by atoms with Crippen LogP contribution in [0.3, 0.4) is 0 Å². The number of hydrogen-bond donors (Lipinski definition) is 1. The van der Waals surface area contributed by atoms with E-state index >= 15 is 0 Å². The quantitative estimate of drug-likeness (QED) is 0.643. The predicted molar refractivity (Wildman–Crippen MR) is 101 cm³/mol. The molecule has 1 aliphatic heterocycles. The normalized spacial score (nSPS) is 16.5. The second-order valence-corrected chi connectivity index (χ2v) is 7.32. The maximum absolute atomic E-state index is 11.9. The number of para-hydroxylation sites is 1. The van der Waals surface area contributed by atoms with Crippen molar-refractivity contribution in [1.29, 1.82) is 0 Å². The number of nitrogens with zero attached hydrogens (tertiary/aromatic N) is 2. The van der Waals surface area contributed by atoms with E-state index in [4.69, 9.17) is 0 Å². The molecule has 3 rings (SSSR count). The topological polar surface area (TPSA) is 45.2 Å². The Morgan fingerprint density at radius 1 is 1.21 bits per heavy atom. The Kier molecular flexibility index (Phi) is 6.38. The molecule has 1 aromatic heterocycles. The van der Waals surface area contributed by atoms with Crippen LogP contribution in [0.25, 0.3) is 16.3 Å². The fourth-order valence-corrected chi connectivity index (χ4v) is 3.91. The Balaban J connectivity index is 1.38. The van der Waals surface area contributed by atoms with Gasteiger partial charge < -0.3 is 10.2 Å². The number of aromatic nitrogens is 1. The number of thiazole rings is 1. The van der Waals surface area contributed by atoms with Crippen molar-refractivity contribution >= 4 is 33.5 Å². The van der Waals surface area contributed by atoms with Crippen LogP contribution in [0.5, 0.6) is 0 Å². The van der Waals surface area contributed by atoms with Gasteiger partial charge in [0.2, 0.25) is 5.91 Å². The Morgan fingerprint density at radius 3 is 2.79 bits per heavy atom. The number of amides is 1. The van der Waals surface area contributed by atoms with E-state index in [1.54, 1.807) is 23.5 Å². The average molecular weight is 343 g/mol. The monoisotopic (exact) mass is 343 g/mol. The van der Waals surface area contributed by atoms with Crippen molar-refractivity contribution < 1.29 is 4.79 Å². The lowest BCUT2D eigenvalue weighted by Gasteiger charge is -2.19. The van der Waals surface area contributed by atoms with Crippen LogP contribution in [0.4, 0.5) is 0 Å².